The highest BCUT2D eigenvalue weighted by atomic mass is 79.9. The lowest BCUT2D eigenvalue weighted by molar-refractivity contribution is 0.586. The number of rotatable bonds is 2. The van der Waals surface area contributed by atoms with Crippen molar-refractivity contribution in [3.05, 3.63) is 40.9 Å². The van der Waals surface area contributed by atoms with Crippen molar-refractivity contribution in [3.8, 4) is 0 Å². The Bertz CT molecular complexity index is 521. The largest absolute Gasteiger partial charge is 0.397 e. The maximum atomic E-state index is 13.5. The van der Waals surface area contributed by atoms with E-state index < -0.39 is 5.82 Å². The Morgan fingerprint density at radius 2 is 2.12 bits per heavy atom. The number of nitrogen functional groups attached to an aromatic ring is 1. The molecule has 3 nitrogen and oxygen atoms in total. The Hall–Kier alpha value is -1.14. The first-order valence-corrected chi connectivity index (χ1v) is 5.97. The van der Waals surface area contributed by atoms with Crippen molar-refractivity contribution >= 4 is 33.4 Å². The summed E-state index contributed by atoms with van der Waals surface area (Å²) in [5.74, 6) is -0.399. The second-order valence-corrected chi connectivity index (χ2v) is 4.83. The molecule has 0 bridgehead atoms. The zero-order valence-electron chi connectivity index (χ0n) is 8.02. The van der Waals surface area contributed by atoms with Crippen molar-refractivity contribution in [2.24, 2.45) is 0 Å². The Balaban J connectivity index is 2.31. The van der Waals surface area contributed by atoms with Crippen LogP contribution in [0.15, 0.2) is 45.1 Å². The third kappa shape index (κ3) is 2.51. The highest BCUT2D eigenvalue weighted by Crippen LogP contribution is 2.30. The molecule has 2 N–H and O–H groups in total. The average molecular weight is 300 g/mol. The third-order valence-corrected chi connectivity index (χ3v) is 3.23. The summed E-state index contributed by atoms with van der Waals surface area (Å²) in [7, 11) is 0. The molecule has 82 valence electrons. The van der Waals surface area contributed by atoms with Crippen LogP contribution in [0.5, 0.6) is 0 Å². The van der Waals surface area contributed by atoms with Gasteiger partial charge < -0.3 is 5.73 Å². The van der Waals surface area contributed by atoms with Gasteiger partial charge in [-0.15, -0.1) is 0 Å². The number of aromatic nitrogens is 2. The van der Waals surface area contributed by atoms with E-state index >= 15 is 0 Å². The SMILES string of the molecule is Nc1cccnc1Sc1ncc(Br)cc1F. The topological polar surface area (TPSA) is 51.8 Å². The molecule has 2 aromatic rings. The molecular formula is C10H7BrFN3S. The summed E-state index contributed by atoms with van der Waals surface area (Å²) < 4.78 is 14.1. The molecule has 0 spiro atoms. The van der Waals surface area contributed by atoms with Crippen LogP contribution in [0.4, 0.5) is 10.1 Å². The minimum atomic E-state index is -0.399. The predicted octanol–water partition coefficient (Wildman–Crippen LogP) is 3.11. The van der Waals surface area contributed by atoms with Crippen LogP contribution in [0.3, 0.4) is 0 Å². The molecule has 2 aromatic heterocycles. The van der Waals surface area contributed by atoms with E-state index in [2.05, 4.69) is 25.9 Å². The first kappa shape index (κ1) is 11.3. The molecule has 0 saturated carbocycles. The highest BCUT2D eigenvalue weighted by Gasteiger charge is 2.09. The zero-order valence-corrected chi connectivity index (χ0v) is 10.4. The molecule has 0 aliphatic heterocycles. The lowest BCUT2D eigenvalue weighted by atomic mass is 10.4. The fourth-order valence-corrected chi connectivity index (χ4v) is 2.11. The van der Waals surface area contributed by atoms with Crippen molar-refractivity contribution in [1.29, 1.82) is 0 Å². The molecule has 0 saturated heterocycles. The number of halogens is 2. The monoisotopic (exact) mass is 299 g/mol. The standard InChI is InChI=1S/C10H7BrFN3S/c11-6-4-7(12)9(15-5-6)16-10-8(13)2-1-3-14-10/h1-5H,13H2. The molecule has 16 heavy (non-hydrogen) atoms. The molecule has 0 unspecified atom stereocenters. The summed E-state index contributed by atoms with van der Waals surface area (Å²) in [4.78, 5) is 8.02. The van der Waals surface area contributed by atoms with Crippen molar-refractivity contribution in [1.82, 2.24) is 9.97 Å². The van der Waals surface area contributed by atoms with Gasteiger partial charge in [0, 0.05) is 16.9 Å². The fourth-order valence-electron chi connectivity index (χ4n) is 1.06. The van der Waals surface area contributed by atoms with Gasteiger partial charge >= 0.3 is 0 Å². The molecule has 0 atom stereocenters. The number of hydrogen-bond acceptors (Lipinski definition) is 4. The van der Waals surface area contributed by atoms with Crippen molar-refractivity contribution in [2.75, 3.05) is 5.73 Å². The molecular weight excluding hydrogens is 293 g/mol. The van der Waals surface area contributed by atoms with Gasteiger partial charge in [-0.05, 0) is 45.9 Å². The van der Waals surface area contributed by atoms with Crippen molar-refractivity contribution < 1.29 is 4.39 Å². The number of pyridine rings is 2. The van der Waals surface area contributed by atoms with Crippen LogP contribution in [-0.4, -0.2) is 9.97 Å². The van der Waals surface area contributed by atoms with Crippen LogP contribution in [0.25, 0.3) is 0 Å². The van der Waals surface area contributed by atoms with Gasteiger partial charge in [0.1, 0.15) is 10.1 Å². The van der Waals surface area contributed by atoms with Gasteiger partial charge in [-0.25, -0.2) is 14.4 Å². The van der Waals surface area contributed by atoms with Crippen LogP contribution < -0.4 is 5.73 Å². The van der Waals surface area contributed by atoms with Gasteiger partial charge in [0.25, 0.3) is 0 Å². The maximum absolute atomic E-state index is 13.5. The molecule has 0 aliphatic carbocycles. The maximum Gasteiger partial charge on any atom is 0.156 e. The van der Waals surface area contributed by atoms with Gasteiger partial charge in [0.2, 0.25) is 0 Å². The summed E-state index contributed by atoms with van der Waals surface area (Å²) in [5.41, 5.74) is 6.22. The Morgan fingerprint density at radius 1 is 1.31 bits per heavy atom. The van der Waals surface area contributed by atoms with E-state index in [0.717, 1.165) is 11.8 Å². The molecule has 6 heteroatoms. The summed E-state index contributed by atoms with van der Waals surface area (Å²) in [5, 5.41) is 0.810. The summed E-state index contributed by atoms with van der Waals surface area (Å²) >= 11 is 4.25. The van der Waals surface area contributed by atoms with Gasteiger partial charge in [-0.1, -0.05) is 0 Å². The first-order valence-electron chi connectivity index (χ1n) is 4.36. The number of anilines is 1. The van der Waals surface area contributed by atoms with E-state index in [1.165, 1.54) is 12.3 Å². The Labute approximate surface area is 104 Å². The number of hydrogen-bond donors (Lipinski definition) is 1. The average Bonchev–Trinajstić information content (AvgIpc) is 2.25. The van der Waals surface area contributed by atoms with Crippen LogP contribution in [0.2, 0.25) is 0 Å². The normalized spacial score (nSPS) is 10.4. The van der Waals surface area contributed by atoms with E-state index in [1.807, 2.05) is 0 Å². The van der Waals surface area contributed by atoms with Gasteiger partial charge in [0.15, 0.2) is 5.82 Å². The molecule has 2 rings (SSSR count). The van der Waals surface area contributed by atoms with E-state index in [1.54, 1.807) is 18.3 Å². The van der Waals surface area contributed by atoms with Crippen molar-refractivity contribution in [3.63, 3.8) is 0 Å². The van der Waals surface area contributed by atoms with Gasteiger partial charge in [0.05, 0.1) is 5.69 Å². The molecule has 2 heterocycles. The number of nitrogens with two attached hydrogens (primary N) is 1. The molecule has 0 aliphatic rings. The quantitative estimate of drug-likeness (QED) is 0.926. The molecule has 0 aromatic carbocycles. The second kappa shape index (κ2) is 4.80. The highest BCUT2D eigenvalue weighted by molar-refractivity contribution is 9.10. The Kier molecular flexibility index (Phi) is 3.40. The minimum Gasteiger partial charge on any atom is -0.397 e. The third-order valence-electron chi connectivity index (χ3n) is 1.77. The summed E-state index contributed by atoms with van der Waals surface area (Å²) in [6, 6.07) is 4.80. The van der Waals surface area contributed by atoms with E-state index in [-0.39, 0.29) is 5.03 Å². The first-order chi connectivity index (χ1) is 7.66. The predicted molar refractivity (Wildman–Crippen MR) is 64.7 cm³/mol. The Morgan fingerprint density at radius 3 is 2.81 bits per heavy atom. The fraction of sp³-hybridized carbons (Fsp3) is 0. The minimum absolute atomic E-state index is 0.258. The zero-order chi connectivity index (χ0) is 11.5. The summed E-state index contributed by atoms with van der Waals surface area (Å²) in [6.45, 7) is 0. The van der Waals surface area contributed by atoms with Crippen LogP contribution in [-0.2, 0) is 0 Å². The van der Waals surface area contributed by atoms with Gasteiger partial charge in [-0.3, -0.25) is 0 Å². The molecule has 0 amide bonds. The summed E-state index contributed by atoms with van der Waals surface area (Å²) in [6.07, 6.45) is 3.14. The van der Waals surface area contributed by atoms with E-state index in [4.69, 9.17) is 5.73 Å². The lowest BCUT2D eigenvalue weighted by Crippen LogP contribution is -1.93. The number of nitrogens with zero attached hydrogens (tertiary/aromatic N) is 2. The van der Waals surface area contributed by atoms with E-state index in [0.29, 0.717) is 15.2 Å². The molecule has 0 radical (unpaired) electrons. The molecule has 0 fully saturated rings. The van der Waals surface area contributed by atoms with Crippen LogP contribution in [0, 0.1) is 5.82 Å². The smallest absolute Gasteiger partial charge is 0.156 e. The second-order valence-electron chi connectivity index (χ2n) is 2.94. The van der Waals surface area contributed by atoms with Crippen LogP contribution in [0.1, 0.15) is 0 Å². The van der Waals surface area contributed by atoms with Gasteiger partial charge in [-0.2, -0.15) is 0 Å². The van der Waals surface area contributed by atoms with E-state index in [9.17, 15) is 4.39 Å². The van der Waals surface area contributed by atoms with Crippen molar-refractivity contribution in [2.45, 2.75) is 10.1 Å². The van der Waals surface area contributed by atoms with Crippen LogP contribution >= 0.6 is 27.7 Å². The lowest BCUT2D eigenvalue weighted by Gasteiger charge is -2.03.